The van der Waals surface area contributed by atoms with Crippen LogP contribution in [0.5, 0.6) is 0 Å². The van der Waals surface area contributed by atoms with E-state index < -0.39 is 28.2 Å². The Morgan fingerprint density at radius 3 is 2.95 bits per heavy atom. The second kappa shape index (κ2) is 5.58. The first-order chi connectivity index (χ1) is 8.98. The number of hydrogen-bond acceptors (Lipinski definition) is 4. The van der Waals surface area contributed by atoms with Crippen molar-refractivity contribution in [1.82, 2.24) is 5.32 Å². The van der Waals surface area contributed by atoms with Crippen LogP contribution < -0.4 is 10.0 Å². The molecule has 7 heteroatoms. The van der Waals surface area contributed by atoms with Crippen LogP contribution in [0, 0.1) is 0 Å². The third kappa shape index (κ3) is 3.68. The lowest BCUT2D eigenvalue weighted by atomic mass is 9.99. The number of carbonyl (C=O) groups is 1. The number of rotatable bonds is 5. The molecule has 0 aliphatic carbocycles. The van der Waals surface area contributed by atoms with Gasteiger partial charge in [-0.2, -0.15) is 0 Å². The molecule has 0 bridgehead atoms. The molecule has 0 aromatic heterocycles. The van der Waals surface area contributed by atoms with Crippen molar-refractivity contribution in [3.8, 4) is 0 Å². The summed E-state index contributed by atoms with van der Waals surface area (Å²) in [5.41, 5.74) is 2.62. The molecule has 0 atom stereocenters. The summed E-state index contributed by atoms with van der Waals surface area (Å²) < 4.78 is 26.1. The number of benzene rings is 1. The first kappa shape index (κ1) is 13.8. The maximum atomic E-state index is 11.8. The number of aliphatic carboxylic acids is 1. The van der Waals surface area contributed by atoms with E-state index in [1.54, 1.807) is 12.1 Å². The van der Waals surface area contributed by atoms with Crippen LogP contribution in [0.1, 0.15) is 17.5 Å². The quantitative estimate of drug-likeness (QED) is 0.734. The molecule has 1 aliphatic rings. The molecule has 0 fully saturated rings. The van der Waals surface area contributed by atoms with Gasteiger partial charge in [0.1, 0.15) is 0 Å². The summed E-state index contributed by atoms with van der Waals surface area (Å²) in [6, 6.07) is 5.46. The number of fused-ring (bicyclic) bond motifs is 1. The maximum absolute atomic E-state index is 11.8. The summed E-state index contributed by atoms with van der Waals surface area (Å²) >= 11 is 0. The minimum atomic E-state index is -3.61. The molecule has 1 aromatic rings. The lowest BCUT2D eigenvalue weighted by Crippen LogP contribution is -2.26. The van der Waals surface area contributed by atoms with Crippen molar-refractivity contribution in [3.63, 3.8) is 0 Å². The molecule has 0 spiro atoms. The van der Waals surface area contributed by atoms with E-state index in [0.29, 0.717) is 5.69 Å². The van der Waals surface area contributed by atoms with E-state index in [-0.39, 0.29) is 0 Å². The Bertz CT molecular complexity index is 583. The summed E-state index contributed by atoms with van der Waals surface area (Å²) in [6.07, 6.45) is 0.360. The fourth-order valence-electron chi connectivity index (χ4n) is 2.07. The zero-order valence-electron chi connectivity index (χ0n) is 10.3. The molecular formula is C12H16N2O4S. The van der Waals surface area contributed by atoms with Crippen LogP contribution in [-0.4, -0.2) is 31.8 Å². The number of anilines is 1. The van der Waals surface area contributed by atoms with Crippen molar-refractivity contribution in [3.05, 3.63) is 29.3 Å². The van der Waals surface area contributed by atoms with E-state index in [1.165, 1.54) is 0 Å². The largest absolute Gasteiger partial charge is 0.481 e. The molecule has 0 saturated carbocycles. The highest BCUT2D eigenvalue weighted by atomic mass is 32.2. The second-order valence-electron chi connectivity index (χ2n) is 4.43. The first-order valence-electron chi connectivity index (χ1n) is 6.02. The third-order valence-corrected chi connectivity index (χ3v) is 4.26. The molecular weight excluding hydrogens is 268 g/mol. The highest BCUT2D eigenvalue weighted by Gasteiger charge is 2.17. The van der Waals surface area contributed by atoms with E-state index in [9.17, 15) is 13.2 Å². The summed E-state index contributed by atoms with van der Waals surface area (Å²) in [6.45, 7) is 1.53. The van der Waals surface area contributed by atoms with Crippen molar-refractivity contribution in [1.29, 1.82) is 0 Å². The van der Waals surface area contributed by atoms with Gasteiger partial charge in [0.2, 0.25) is 10.0 Å². The van der Waals surface area contributed by atoms with Crippen LogP contribution in [0.25, 0.3) is 0 Å². The van der Waals surface area contributed by atoms with Crippen LogP contribution in [0.2, 0.25) is 0 Å². The van der Waals surface area contributed by atoms with Crippen LogP contribution in [-0.2, 0) is 27.8 Å². The molecule has 6 nitrogen and oxygen atoms in total. The standard InChI is InChI=1S/C12H16N2O4S/c15-12(16)5-7-19(17,18)14-11-3-1-2-9-8-13-6-4-10(9)11/h1-3,13-14H,4-8H2,(H,15,16). The third-order valence-electron chi connectivity index (χ3n) is 2.99. The Morgan fingerprint density at radius 1 is 1.42 bits per heavy atom. The van der Waals surface area contributed by atoms with Crippen LogP contribution in [0.15, 0.2) is 18.2 Å². The molecule has 0 saturated heterocycles. The van der Waals surface area contributed by atoms with Gasteiger partial charge in [-0.3, -0.25) is 9.52 Å². The minimum Gasteiger partial charge on any atom is -0.481 e. The Labute approximate surface area is 111 Å². The van der Waals surface area contributed by atoms with Gasteiger partial charge in [0.05, 0.1) is 17.9 Å². The van der Waals surface area contributed by atoms with Gasteiger partial charge in [-0.1, -0.05) is 12.1 Å². The second-order valence-corrected chi connectivity index (χ2v) is 6.28. The van der Waals surface area contributed by atoms with Gasteiger partial charge in [0, 0.05) is 6.54 Å². The Hall–Kier alpha value is -1.60. The number of nitrogens with one attached hydrogen (secondary N) is 2. The Balaban J connectivity index is 2.17. The van der Waals surface area contributed by atoms with Gasteiger partial charge < -0.3 is 10.4 Å². The van der Waals surface area contributed by atoms with Gasteiger partial charge in [-0.05, 0) is 30.2 Å². The molecule has 1 aromatic carbocycles. The normalized spacial score (nSPS) is 14.7. The monoisotopic (exact) mass is 284 g/mol. The van der Waals surface area contributed by atoms with Crippen molar-refractivity contribution in [2.45, 2.75) is 19.4 Å². The van der Waals surface area contributed by atoms with Gasteiger partial charge in [0.15, 0.2) is 0 Å². The van der Waals surface area contributed by atoms with Crippen LogP contribution in [0.3, 0.4) is 0 Å². The van der Waals surface area contributed by atoms with Crippen molar-refractivity contribution in [2.24, 2.45) is 0 Å². The molecule has 2 rings (SSSR count). The van der Waals surface area contributed by atoms with Crippen LogP contribution in [0.4, 0.5) is 5.69 Å². The highest BCUT2D eigenvalue weighted by molar-refractivity contribution is 7.92. The molecule has 0 unspecified atom stereocenters. The average molecular weight is 284 g/mol. The summed E-state index contributed by atoms with van der Waals surface area (Å²) in [5.74, 6) is -1.53. The van der Waals surface area contributed by atoms with Gasteiger partial charge in [-0.25, -0.2) is 8.42 Å². The SMILES string of the molecule is O=C(O)CCS(=O)(=O)Nc1cccc2c1CCNC2. The number of carboxylic acid groups (broad SMARTS) is 1. The van der Waals surface area contributed by atoms with E-state index in [0.717, 1.165) is 30.6 Å². The topological polar surface area (TPSA) is 95.5 Å². The van der Waals surface area contributed by atoms with E-state index in [2.05, 4.69) is 10.0 Å². The summed E-state index contributed by atoms with van der Waals surface area (Å²) in [4.78, 5) is 10.4. The molecule has 1 heterocycles. The van der Waals surface area contributed by atoms with Crippen LogP contribution >= 0.6 is 0 Å². The Morgan fingerprint density at radius 2 is 2.21 bits per heavy atom. The number of carboxylic acids is 1. The van der Waals surface area contributed by atoms with Gasteiger partial charge in [0.25, 0.3) is 0 Å². The molecule has 104 valence electrons. The molecule has 0 radical (unpaired) electrons. The zero-order valence-corrected chi connectivity index (χ0v) is 11.2. The zero-order chi connectivity index (χ0) is 13.9. The summed E-state index contributed by atoms with van der Waals surface area (Å²) in [5, 5.41) is 11.8. The fraction of sp³-hybridized carbons (Fsp3) is 0.417. The number of sulfonamides is 1. The van der Waals surface area contributed by atoms with E-state index in [4.69, 9.17) is 5.11 Å². The summed E-state index contributed by atoms with van der Waals surface area (Å²) in [7, 11) is -3.61. The molecule has 3 N–H and O–H groups in total. The van der Waals surface area contributed by atoms with Gasteiger partial charge in [-0.15, -0.1) is 0 Å². The predicted molar refractivity (Wildman–Crippen MR) is 71.5 cm³/mol. The predicted octanol–water partition coefficient (Wildman–Crippen LogP) is 0.549. The first-order valence-corrected chi connectivity index (χ1v) is 7.67. The van der Waals surface area contributed by atoms with E-state index >= 15 is 0 Å². The highest BCUT2D eigenvalue weighted by Crippen LogP contribution is 2.24. The Kier molecular flexibility index (Phi) is 4.06. The van der Waals surface area contributed by atoms with Crippen molar-refractivity contribution in [2.75, 3.05) is 17.0 Å². The molecule has 19 heavy (non-hydrogen) atoms. The lowest BCUT2D eigenvalue weighted by Gasteiger charge is -2.20. The van der Waals surface area contributed by atoms with E-state index in [1.807, 2.05) is 6.07 Å². The maximum Gasteiger partial charge on any atom is 0.304 e. The fourth-order valence-corrected chi connectivity index (χ4v) is 3.14. The van der Waals surface area contributed by atoms with Crippen molar-refractivity contribution >= 4 is 21.7 Å². The smallest absolute Gasteiger partial charge is 0.304 e. The van der Waals surface area contributed by atoms with Gasteiger partial charge >= 0.3 is 5.97 Å². The lowest BCUT2D eigenvalue weighted by molar-refractivity contribution is -0.136. The number of hydrogen-bond donors (Lipinski definition) is 3. The minimum absolute atomic E-state index is 0.397. The van der Waals surface area contributed by atoms with Crippen molar-refractivity contribution < 1.29 is 18.3 Å². The molecule has 0 amide bonds. The molecule has 1 aliphatic heterocycles. The average Bonchev–Trinajstić information content (AvgIpc) is 2.37.